The molecule has 1 fully saturated rings. The zero-order chi connectivity index (χ0) is 12.0. The molecule has 1 amide bonds. The molecule has 3 heteroatoms. The Labute approximate surface area is 98.4 Å². The average molecular weight is 222 g/mol. The van der Waals surface area contributed by atoms with Gasteiger partial charge in [-0.05, 0) is 18.3 Å². The van der Waals surface area contributed by atoms with Crippen LogP contribution in [0.25, 0.3) is 0 Å². The van der Waals surface area contributed by atoms with Crippen molar-refractivity contribution in [2.75, 3.05) is 13.1 Å². The second-order valence-corrected chi connectivity index (χ2v) is 5.16. The predicted octanol–water partition coefficient (Wildman–Crippen LogP) is 1.29. The van der Waals surface area contributed by atoms with Crippen molar-refractivity contribution in [3.05, 3.63) is 0 Å². The van der Waals surface area contributed by atoms with Gasteiger partial charge < -0.3 is 5.32 Å². The van der Waals surface area contributed by atoms with Gasteiger partial charge in [-0.25, -0.2) is 0 Å². The fraction of sp³-hybridized carbons (Fsp3) is 0.769. The highest BCUT2D eigenvalue weighted by molar-refractivity contribution is 5.78. The first-order chi connectivity index (χ1) is 7.56. The number of carbonyl (C=O) groups excluding carboxylic acids is 1. The second kappa shape index (κ2) is 5.91. The van der Waals surface area contributed by atoms with Gasteiger partial charge in [-0.2, -0.15) is 0 Å². The number of nitrogens with one attached hydrogen (secondary N) is 2. The van der Waals surface area contributed by atoms with Crippen molar-refractivity contribution in [3.8, 4) is 12.3 Å². The van der Waals surface area contributed by atoms with E-state index in [-0.39, 0.29) is 11.3 Å². The maximum Gasteiger partial charge on any atom is 0.234 e. The van der Waals surface area contributed by atoms with Crippen LogP contribution in [0, 0.1) is 17.8 Å². The average Bonchev–Trinajstić information content (AvgIpc) is 2.21. The molecule has 0 aromatic heterocycles. The van der Waals surface area contributed by atoms with E-state index in [1.807, 2.05) is 0 Å². The van der Waals surface area contributed by atoms with E-state index in [1.54, 1.807) is 0 Å². The lowest BCUT2D eigenvalue weighted by Crippen LogP contribution is -2.49. The van der Waals surface area contributed by atoms with Gasteiger partial charge >= 0.3 is 0 Å². The first kappa shape index (κ1) is 13.1. The zero-order valence-corrected chi connectivity index (χ0v) is 10.3. The Morgan fingerprint density at radius 2 is 2.25 bits per heavy atom. The maximum absolute atomic E-state index is 11.6. The van der Waals surface area contributed by atoms with Gasteiger partial charge in [0.05, 0.1) is 13.1 Å². The van der Waals surface area contributed by atoms with Gasteiger partial charge in [-0.1, -0.05) is 32.6 Å². The van der Waals surface area contributed by atoms with Crippen LogP contribution in [0.3, 0.4) is 0 Å². The van der Waals surface area contributed by atoms with Gasteiger partial charge in [0.1, 0.15) is 0 Å². The summed E-state index contributed by atoms with van der Waals surface area (Å²) < 4.78 is 0. The topological polar surface area (TPSA) is 41.1 Å². The number of hydrogen-bond acceptors (Lipinski definition) is 2. The molecule has 0 saturated heterocycles. The molecule has 16 heavy (non-hydrogen) atoms. The molecule has 90 valence electrons. The van der Waals surface area contributed by atoms with Gasteiger partial charge in [-0.15, -0.1) is 6.42 Å². The van der Waals surface area contributed by atoms with Crippen LogP contribution in [0.2, 0.25) is 0 Å². The van der Waals surface area contributed by atoms with E-state index in [1.165, 1.54) is 19.3 Å². The molecule has 1 unspecified atom stereocenters. The molecule has 1 aliphatic rings. The van der Waals surface area contributed by atoms with Gasteiger partial charge in [0.25, 0.3) is 0 Å². The highest BCUT2D eigenvalue weighted by atomic mass is 16.2. The maximum atomic E-state index is 11.6. The van der Waals surface area contributed by atoms with Crippen LogP contribution < -0.4 is 10.6 Å². The summed E-state index contributed by atoms with van der Waals surface area (Å²) in [5.41, 5.74) is 0.222. The Kier molecular flexibility index (Phi) is 4.82. The molecule has 0 heterocycles. The summed E-state index contributed by atoms with van der Waals surface area (Å²) in [5, 5.41) is 6.00. The molecule has 1 rings (SSSR count). The summed E-state index contributed by atoms with van der Waals surface area (Å²) in [6.45, 7) is 5.22. The van der Waals surface area contributed by atoms with Crippen LogP contribution in [0.1, 0.15) is 39.5 Å². The predicted molar refractivity (Wildman–Crippen MR) is 65.9 cm³/mol. The largest absolute Gasteiger partial charge is 0.352 e. The highest BCUT2D eigenvalue weighted by Gasteiger charge is 2.32. The SMILES string of the molecule is C#CCNCC(=O)NC1CCCCC1(C)C. The first-order valence-corrected chi connectivity index (χ1v) is 6.00. The normalized spacial score (nSPS) is 23.4. The fourth-order valence-corrected chi connectivity index (χ4v) is 2.26. The van der Waals surface area contributed by atoms with Crippen molar-refractivity contribution in [1.82, 2.24) is 10.6 Å². The minimum Gasteiger partial charge on any atom is -0.352 e. The van der Waals surface area contributed by atoms with E-state index >= 15 is 0 Å². The summed E-state index contributed by atoms with van der Waals surface area (Å²) in [4.78, 5) is 11.6. The van der Waals surface area contributed by atoms with Crippen molar-refractivity contribution < 1.29 is 4.79 Å². The van der Waals surface area contributed by atoms with Crippen molar-refractivity contribution in [3.63, 3.8) is 0 Å². The summed E-state index contributed by atoms with van der Waals surface area (Å²) in [6, 6.07) is 0.307. The van der Waals surface area contributed by atoms with Crippen molar-refractivity contribution >= 4 is 5.91 Å². The van der Waals surface area contributed by atoms with E-state index in [0.29, 0.717) is 19.1 Å². The van der Waals surface area contributed by atoms with E-state index in [9.17, 15) is 4.79 Å². The zero-order valence-electron chi connectivity index (χ0n) is 10.3. The van der Waals surface area contributed by atoms with Gasteiger partial charge in [-0.3, -0.25) is 10.1 Å². The first-order valence-electron chi connectivity index (χ1n) is 6.00. The Hall–Kier alpha value is -1.01. The molecule has 0 radical (unpaired) electrons. The van der Waals surface area contributed by atoms with E-state index in [0.717, 1.165) is 6.42 Å². The lowest BCUT2D eigenvalue weighted by molar-refractivity contribution is -0.122. The van der Waals surface area contributed by atoms with Crippen molar-refractivity contribution in [2.45, 2.75) is 45.6 Å². The summed E-state index contributed by atoms with van der Waals surface area (Å²) in [6.07, 6.45) is 9.87. The minimum atomic E-state index is 0.0511. The molecule has 0 bridgehead atoms. The smallest absolute Gasteiger partial charge is 0.234 e. The number of rotatable bonds is 4. The third-order valence-corrected chi connectivity index (χ3v) is 3.36. The molecule has 1 aliphatic carbocycles. The third kappa shape index (κ3) is 3.86. The molecule has 0 aromatic carbocycles. The second-order valence-electron chi connectivity index (χ2n) is 5.16. The van der Waals surface area contributed by atoms with Crippen LogP contribution in [-0.4, -0.2) is 25.0 Å². The van der Waals surface area contributed by atoms with Crippen LogP contribution in [0.5, 0.6) is 0 Å². The van der Waals surface area contributed by atoms with Gasteiger partial charge in [0, 0.05) is 6.04 Å². The monoisotopic (exact) mass is 222 g/mol. The summed E-state index contributed by atoms with van der Waals surface area (Å²) >= 11 is 0. The molecule has 0 aliphatic heterocycles. The van der Waals surface area contributed by atoms with E-state index < -0.39 is 0 Å². The van der Waals surface area contributed by atoms with Crippen LogP contribution in [0.4, 0.5) is 0 Å². The van der Waals surface area contributed by atoms with E-state index in [4.69, 9.17) is 6.42 Å². The lowest BCUT2D eigenvalue weighted by Gasteiger charge is -2.39. The standard InChI is InChI=1S/C13H22N2O/c1-4-9-14-10-12(16)15-11-7-5-6-8-13(11,2)3/h1,11,14H,5-10H2,2-3H3,(H,15,16). The van der Waals surface area contributed by atoms with Gasteiger partial charge in [0.2, 0.25) is 5.91 Å². The lowest BCUT2D eigenvalue weighted by atomic mass is 9.73. The van der Waals surface area contributed by atoms with Crippen molar-refractivity contribution in [1.29, 1.82) is 0 Å². The molecule has 1 atom stereocenters. The van der Waals surface area contributed by atoms with Crippen molar-refractivity contribution in [2.24, 2.45) is 5.41 Å². The van der Waals surface area contributed by atoms with Crippen LogP contribution >= 0.6 is 0 Å². The fourth-order valence-electron chi connectivity index (χ4n) is 2.26. The number of hydrogen-bond donors (Lipinski definition) is 2. The number of amides is 1. The molecular formula is C13H22N2O. The number of carbonyl (C=O) groups is 1. The van der Waals surface area contributed by atoms with Crippen LogP contribution in [-0.2, 0) is 4.79 Å². The molecule has 0 aromatic rings. The minimum absolute atomic E-state index is 0.0511. The van der Waals surface area contributed by atoms with Gasteiger partial charge in [0.15, 0.2) is 0 Å². The molecule has 3 nitrogen and oxygen atoms in total. The quantitative estimate of drug-likeness (QED) is 0.556. The Morgan fingerprint density at radius 3 is 2.88 bits per heavy atom. The molecule has 0 spiro atoms. The summed E-state index contributed by atoms with van der Waals surface area (Å²) in [5.74, 6) is 2.50. The molecule has 2 N–H and O–H groups in total. The summed E-state index contributed by atoms with van der Waals surface area (Å²) in [7, 11) is 0. The molecular weight excluding hydrogens is 200 g/mol. The highest BCUT2D eigenvalue weighted by Crippen LogP contribution is 2.35. The Bertz CT molecular complexity index is 278. The van der Waals surface area contributed by atoms with Crippen LogP contribution in [0.15, 0.2) is 0 Å². The Morgan fingerprint density at radius 1 is 1.50 bits per heavy atom. The number of terminal acetylenes is 1. The molecule has 1 saturated carbocycles. The Balaban J connectivity index is 2.35. The van der Waals surface area contributed by atoms with E-state index in [2.05, 4.69) is 30.4 Å². The third-order valence-electron chi connectivity index (χ3n) is 3.36.